The van der Waals surface area contributed by atoms with E-state index in [1.165, 1.54) is 0 Å². The molecule has 1 rings (SSSR count). The molecule has 1 heterocycles. The summed E-state index contributed by atoms with van der Waals surface area (Å²) in [6.45, 7) is 24.6. The fourth-order valence-corrected chi connectivity index (χ4v) is 4.74. The molecule has 0 aliphatic carbocycles. The molecule has 1 aliphatic heterocycles. The number of rotatable bonds is 10. The van der Waals surface area contributed by atoms with Crippen molar-refractivity contribution in [2.45, 2.75) is 112 Å². The summed E-state index contributed by atoms with van der Waals surface area (Å²) in [7, 11) is 0. The predicted molar refractivity (Wildman–Crippen MR) is 123 cm³/mol. The minimum Gasteiger partial charge on any atom is -0.297 e. The van der Waals surface area contributed by atoms with E-state index >= 15 is 0 Å². The Balaban J connectivity index is 3.11. The second-order valence-corrected chi connectivity index (χ2v) is 10.7. The average Bonchev–Trinajstić information content (AvgIpc) is 2.98. The van der Waals surface area contributed by atoms with E-state index in [1.807, 2.05) is 0 Å². The van der Waals surface area contributed by atoms with Crippen molar-refractivity contribution in [3.05, 3.63) is 0 Å². The van der Waals surface area contributed by atoms with Gasteiger partial charge in [-0.25, -0.2) is 0 Å². The highest BCUT2D eigenvalue weighted by Gasteiger charge is 2.47. The van der Waals surface area contributed by atoms with Crippen LogP contribution in [0.3, 0.4) is 0 Å². The van der Waals surface area contributed by atoms with Gasteiger partial charge in [-0.3, -0.25) is 19.4 Å². The maximum absolute atomic E-state index is 13.5. The van der Waals surface area contributed by atoms with Crippen molar-refractivity contribution in [3.8, 4) is 0 Å². The molecule has 2 unspecified atom stereocenters. The van der Waals surface area contributed by atoms with Crippen LogP contribution in [0, 0.1) is 10.8 Å². The number of Topliss-reactive ketones (excluding diaryl/α,β-unsaturated/α-hetero) is 2. The lowest BCUT2D eigenvalue weighted by Crippen LogP contribution is -2.59. The van der Waals surface area contributed by atoms with Crippen molar-refractivity contribution < 1.29 is 9.59 Å². The van der Waals surface area contributed by atoms with E-state index in [9.17, 15) is 9.59 Å². The average molecular weight is 409 g/mol. The van der Waals surface area contributed by atoms with Gasteiger partial charge >= 0.3 is 0 Å². The highest BCUT2D eigenvalue weighted by atomic mass is 16.1. The summed E-state index contributed by atoms with van der Waals surface area (Å²) in [4.78, 5) is 31.7. The first-order chi connectivity index (χ1) is 13.3. The van der Waals surface area contributed by atoms with Crippen LogP contribution in [0.4, 0.5) is 0 Å². The summed E-state index contributed by atoms with van der Waals surface area (Å²) < 4.78 is 0. The fraction of sp³-hybridized carbons (Fsp3) is 0.920. The minimum atomic E-state index is -0.440. The van der Waals surface area contributed by atoms with Crippen molar-refractivity contribution in [1.82, 2.24) is 9.80 Å². The Morgan fingerprint density at radius 2 is 0.897 bits per heavy atom. The van der Waals surface area contributed by atoms with Crippen molar-refractivity contribution in [3.63, 3.8) is 0 Å². The van der Waals surface area contributed by atoms with Gasteiger partial charge in [0.05, 0.1) is 11.1 Å². The Kier molecular flexibility index (Phi) is 8.70. The Morgan fingerprint density at radius 3 is 1.14 bits per heavy atom. The first-order valence-corrected chi connectivity index (χ1v) is 11.9. The van der Waals surface area contributed by atoms with Gasteiger partial charge in [-0.1, -0.05) is 55.4 Å². The van der Waals surface area contributed by atoms with Gasteiger partial charge in [0, 0.05) is 37.0 Å². The van der Waals surface area contributed by atoms with Gasteiger partial charge in [0.15, 0.2) is 11.6 Å². The standard InChI is InChI=1S/C25H48N2O2/c1-11-22(5,6)20(28)24(9,13-3)26-16-15-17-27(19-18-26)25(10,14-4)21(29)23(7,8)12-2/h11-19H2,1-10H3. The molecule has 29 heavy (non-hydrogen) atoms. The molecule has 1 aliphatic rings. The van der Waals surface area contributed by atoms with E-state index < -0.39 is 11.1 Å². The Labute approximate surface area is 180 Å². The zero-order valence-corrected chi connectivity index (χ0v) is 21.1. The van der Waals surface area contributed by atoms with E-state index in [2.05, 4.69) is 79.0 Å². The van der Waals surface area contributed by atoms with Gasteiger partial charge in [-0.2, -0.15) is 0 Å². The first kappa shape index (κ1) is 26.3. The summed E-state index contributed by atoms with van der Waals surface area (Å²) >= 11 is 0. The maximum atomic E-state index is 13.5. The number of hydrogen-bond acceptors (Lipinski definition) is 4. The van der Waals surface area contributed by atoms with E-state index in [4.69, 9.17) is 0 Å². The second kappa shape index (κ2) is 9.60. The quantitative estimate of drug-likeness (QED) is 0.489. The van der Waals surface area contributed by atoms with Crippen molar-refractivity contribution in [2.24, 2.45) is 10.8 Å². The molecular formula is C25H48N2O2. The van der Waals surface area contributed by atoms with Crippen LogP contribution in [0.5, 0.6) is 0 Å². The molecule has 1 saturated heterocycles. The summed E-state index contributed by atoms with van der Waals surface area (Å²) in [5.74, 6) is 0.704. The lowest BCUT2D eigenvalue weighted by Gasteiger charge is -2.45. The molecule has 0 aromatic carbocycles. The number of carbonyl (C=O) groups excluding carboxylic acids is 2. The van der Waals surface area contributed by atoms with Gasteiger partial charge in [0.1, 0.15) is 0 Å². The van der Waals surface area contributed by atoms with Gasteiger partial charge in [-0.15, -0.1) is 0 Å². The first-order valence-electron chi connectivity index (χ1n) is 11.9. The maximum Gasteiger partial charge on any atom is 0.158 e. The molecule has 170 valence electrons. The fourth-order valence-electron chi connectivity index (χ4n) is 4.74. The predicted octanol–water partition coefficient (Wildman–Crippen LogP) is 5.34. The molecule has 0 N–H and O–H groups in total. The summed E-state index contributed by atoms with van der Waals surface area (Å²) in [5.41, 5.74) is -1.50. The third-order valence-electron chi connectivity index (χ3n) is 8.24. The van der Waals surface area contributed by atoms with Gasteiger partial charge in [0.2, 0.25) is 0 Å². The van der Waals surface area contributed by atoms with E-state index in [0.717, 1.165) is 58.3 Å². The highest BCUT2D eigenvalue weighted by Crippen LogP contribution is 2.36. The normalized spacial score (nSPS) is 21.9. The molecular weight excluding hydrogens is 360 g/mol. The Hall–Kier alpha value is -0.740. The molecule has 0 bridgehead atoms. The van der Waals surface area contributed by atoms with Crippen LogP contribution in [0.15, 0.2) is 0 Å². The Morgan fingerprint density at radius 1 is 0.586 bits per heavy atom. The third-order valence-corrected chi connectivity index (χ3v) is 8.24. The van der Waals surface area contributed by atoms with Crippen LogP contribution in [-0.2, 0) is 9.59 Å². The van der Waals surface area contributed by atoms with E-state index in [1.54, 1.807) is 0 Å². The molecule has 0 spiro atoms. The zero-order valence-electron chi connectivity index (χ0n) is 21.1. The SMILES string of the molecule is CCC(C)(C)C(=O)C(C)(CC)N1CCCN(C(C)(CC)C(=O)C(C)(C)CC)CC1. The second-order valence-electron chi connectivity index (χ2n) is 10.7. The van der Waals surface area contributed by atoms with Crippen molar-refractivity contribution in [1.29, 1.82) is 0 Å². The molecule has 0 amide bonds. The van der Waals surface area contributed by atoms with Crippen LogP contribution in [0.25, 0.3) is 0 Å². The highest BCUT2D eigenvalue weighted by molar-refractivity contribution is 5.93. The number of hydrogen-bond donors (Lipinski definition) is 0. The third kappa shape index (κ3) is 5.12. The lowest BCUT2D eigenvalue weighted by molar-refractivity contribution is -0.141. The van der Waals surface area contributed by atoms with Crippen LogP contribution >= 0.6 is 0 Å². The van der Waals surface area contributed by atoms with E-state index in [-0.39, 0.29) is 10.8 Å². The Bertz CT molecular complexity index is 533. The molecule has 1 fully saturated rings. The lowest BCUT2D eigenvalue weighted by atomic mass is 9.73. The molecule has 2 atom stereocenters. The summed E-state index contributed by atoms with van der Waals surface area (Å²) in [6, 6.07) is 0. The zero-order chi connectivity index (χ0) is 22.7. The number of carbonyl (C=O) groups is 2. The largest absolute Gasteiger partial charge is 0.297 e. The van der Waals surface area contributed by atoms with Crippen LogP contribution in [-0.4, -0.2) is 58.6 Å². The molecule has 0 aromatic rings. The van der Waals surface area contributed by atoms with Gasteiger partial charge < -0.3 is 0 Å². The van der Waals surface area contributed by atoms with E-state index in [0.29, 0.717) is 11.6 Å². The molecule has 4 nitrogen and oxygen atoms in total. The number of nitrogens with zero attached hydrogens (tertiary/aromatic N) is 2. The topological polar surface area (TPSA) is 40.6 Å². The monoisotopic (exact) mass is 408 g/mol. The molecule has 0 saturated carbocycles. The van der Waals surface area contributed by atoms with Crippen molar-refractivity contribution in [2.75, 3.05) is 26.2 Å². The smallest absolute Gasteiger partial charge is 0.158 e. The van der Waals surface area contributed by atoms with Crippen LogP contribution < -0.4 is 0 Å². The number of ketones is 2. The minimum absolute atomic E-state index is 0.310. The van der Waals surface area contributed by atoms with Crippen LogP contribution in [0.2, 0.25) is 0 Å². The molecule has 0 aromatic heterocycles. The van der Waals surface area contributed by atoms with Gasteiger partial charge in [0.25, 0.3) is 0 Å². The summed E-state index contributed by atoms with van der Waals surface area (Å²) in [6.07, 6.45) is 4.35. The van der Waals surface area contributed by atoms with Gasteiger partial charge in [-0.05, 0) is 46.0 Å². The van der Waals surface area contributed by atoms with Crippen molar-refractivity contribution >= 4 is 11.6 Å². The summed E-state index contributed by atoms with van der Waals surface area (Å²) in [5, 5.41) is 0. The molecule has 0 radical (unpaired) electrons. The van der Waals surface area contributed by atoms with Crippen LogP contribution in [0.1, 0.15) is 101 Å². The molecule has 4 heteroatoms.